The van der Waals surface area contributed by atoms with Crippen molar-refractivity contribution in [3.05, 3.63) is 102 Å². The van der Waals surface area contributed by atoms with Gasteiger partial charge in [0, 0.05) is 0 Å². The molecule has 0 aliphatic heterocycles. The van der Waals surface area contributed by atoms with Gasteiger partial charge in [0.2, 0.25) is 0 Å². The van der Waals surface area contributed by atoms with Crippen molar-refractivity contribution >= 4 is 13.3 Å². The summed E-state index contributed by atoms with van der Waals surface area (Å²) in [5.74, 6) is 0.273. The summed E-state index contributed by atoms with van der Waals surface area (Å²) in [6.07, 6.45) is 0. The molecular weight excluding hydrogens is 363 g/mol. The molecule has 0 N–H and O–H groups in total. The van der Waals surface area contributed by atoms with Gasteiger partial charge in [-0.25, -0.2) is 9.36 Å². The molecule has 0 radical (unpaired) electrons. The van der Waals surface area contributed by atoms with E-state index >= 15 is 0 Å². The van der Waals surface area contributed by atoms with Crippen molar-refractivity contribution < 1.29 is 23.1 Å². The minimum absolute atomic E-state index is 0.0310. The van der Waals surface area contributed by atoms with E-state index in [9.17, 15) is 9.36 Å². The van der Waals surface area contributed by atoms with Gasteiger partial charge in [0.15, 0.2) is 0 Å². The molecule has 0 aromatic heterocycles. The quantitative estimate of drug-likeness (QED) is 0.460. The third-order valence-electron chi connectivity index (χ3n) is 3.66. The molecule has 6 heteroatoms. The van der Waals surface area contributed by atoms with Gasteiger partial charge in [-0.3, -0.25) is 9.05 Å². The zero-order valence-electron chi connectivity index (χ0n) is 14.6. The topological polar surface area (TPSA) is 61.8 Å². The average molecular weight is 382 g/mol. The fourth-order valence-electron chi connectivity index (χ4n) is 2.26. The van der Waals surface area contributed by atoms with Crippen molar-refractivity contribution in [2.24, 2.45) is 0 Å². The zero-order chi connectivity index (χ0) is 19.0. The third-order valence-corrected chi connectivity index (χ3v) is 5.14. The normalized spacial score (nSPS) is 11.1. The fraction of sp³-hybridized carbons (Fsp3) is 0.0952. The molecule has 0 unspecified atom stereocenters. The van der Waals surface area contributed by atoms with E-state index in [4.69, 9.17) is 13.8 Å². The highest BCUT2D eigenvalue weighted by molar-refractivity contribution is 7.71. The zero-order valence-corrected chi connectivity index (χ0v) is 15.5. The van der Waals surface area contributed by atoms with Crippen molar-refractivity contribution in [2.75, 3.05) is 0 Å². The van der Waals surface area contributed by atoms with Gasteiger partial charge in [-0.1, -0.05) is 78.9 Å². The van der Waals surface area contributed by atoms with Crippen LogP contribution in [0.3, 0.4) is 0 Å². The highest BCUT2D eigenvalue weighted by Gasteiger charge is 2.38. The summed E-state index contributed by atoms with van der Waals surface area (Å²) < 4.78 is 29.2. The summed E-state index contributed by atoms with van der Waals surface area (Å²) in [5.41, 5.74) is 0.502. The number of para-hydroxylation sites is 1. The van der Waals surface area contributed by atoms with Gasteiger partial charge in [0.1, 0.15) is 5.75 Å². The maximum atomic E-state index is 13.1. The number of benzene rings is 3. The van der Waals surface area contributed by atoms with Gasteiger partial charge in [0.05, 0.1) is 13.2 Å². The van der Waals surface area contributed by atoms with E-state index in [-0.39, 0.29) is 19.0 Å². The van der Waals surface area contributed by atoms with Gasteiger partial charge < -0.3 is 4.74 Å². The number of carbonyl (C=O) groups excluding carboxylic acids is 1. The molecular formula is C21H19O5P. The second kappa shape index (κ2) is 9.28. The van der Waals surface area contributed by atoms with E-state index < -0.39 is 13.3 Å². The van der Waals surface area contributed by atoms with Crippen molar-refractivity contribution in [1.82, 2.24) is 0 Å². The number of carbonyl (C=O) groups is 1. The first-order valence-electron chi connectivity index (χ1n) is 8.40. The van der Waals surface area contributed by atoms with Crippen LogP contribution in [0.1, 0.15) is 11.1 Å². The Labute approximate surface area is 158 Å². The van der Waals surface area contributed by atoms with Crippen LogP contribution in [-0.4, -0.2) is 5.71 Å². The molecule has 0 atom stereocenters. The molecule has 0 heterocycles. The standard InChI is InChI=1S/C21H19O5P/c22-21(26-20-14-8-3-9-15-20)27(23,24-16-18-10-4-1-5-11-18)25-17-19-12-6-2-7-13-19/h1-15H,16-17H2. The molecule has 138 valence electrons. The first-order chi connectivity index (χ1) is 13.2. The number of ether oxygens (including phenoxy) is 1. The average Bonchev–Trinajstić information content (AvgIpc) is 2.73. The lowest BCUT2D eigenvalue weighted by Gasteiger charge is -2.17. The van der Waals surface area contributed by atoms with Gasteiger partial charge in [-0.2, -0.15) is 0 Å². The molecule has 3 aromatic carbocycles. The van der Waals surface area contributed by atoms with Crippen LogP contribution in [0.4, 0.5) is 4.79 Å². The summed E-state index contributed by atoms with van der Waals surface area (Å²) >= 11 is 0. The molecule has 0 aliphatic rings. The monoisotopic (exact) mass is 382 g/mol. The molecule has 0 fully saturated rings. The van der Waals surface area contributed by atoms with Crippen LogP contribution >= 0.6 is 7.60 Å². The summed E-state index contributed by atoms with van der Waals surface area (Å²) in [7, 11) is -4.17. The van der Waals surface area contributed by atoms with Crippen LogP contribution < -0.4 is 4.74 Å². The molecule has 0 amide bonds. The molecule has 0 saturated heterocycles. The Hall–Kier alpha value is -2.72. The maximum Gasteiger partial charge on any atom is 0.439 e. The molecule has 3 aromatic rings. The van der Waals surface area contributed by atoms with E-state index in [1.165, 1.54) is 0 Å². The van der Waals surface area contributed by atoms with Crippen molar-refractivity contribution in [2.45, 2.75) is 13.2 Å². The van der Waals surface area contributed by atoms with Crippen LogP contribution in [0.15, 0.2) is 91.0 Å². The summed E-state index contributed by atoms with van der Waals surface area (Å²) in [6.45, 7) is -0.0619. The van der Waals surface area contributed by atoms with Crippen LogP contribution in [0.2, 0.25) is 0 Å². The maximum absolute atomic E-state index is 13.1. The Kier molecular flexibility index (Phi) is 6.55. The van der Waals surface area contributed by atoms with E-state index in [0.29, 0.717) is 0 Å². The smallest absolute Gasteiger partial charge is 0.417 e. The van der Waals surface area contributed by atoms with E-state index in [1.54, 1.807) is 30.3 Å². The van der Waals surface area contributed by atoms with Crippen molar-refractivity contribution in [3.63, 3.8) is 0 Å². The van der Waals surface area contributed by atoms with Crippen LogP contribution in [0.5, 0.6) is 5.75 Å². The predicted molar refractivity (Wildman–Crippen MR) is 103 cm³/mol. The van der Waals surface area contributed by atoms with E-state index in [2.05, 4.69) is 0 Å². The minimum atomic E-state index is -4.17. The van der Waals surface area contributed by atoms with Crippen molar-refractivity contribution in [3.8, 4) is 5.75 Å². The SMILES string of the molecule is O=C(Oc1ccccc1)P(=O)(OCc1ccccc1)OCc1ccccc1. The predicted octanol–water partition coefficient (Wildman–Crippen LogP) is 5.81. The lowest BCUT2D eigenvalue weighted by atomic mass is 10.2. The Morgan fingerprint density at radius 1 is 0.667 bits per heavy atom. The molecule has 0 aliphatic carbocycles. The number of hydrogen-bond donors (Lipinski definition) is 0. The Morgan fingerprint density at radius 2 is 1.07 bits per heavy atom. The second-order valence-corrected chi connectivity index (χ2v) is 7.57. The highest BCUT2D eigenvalue weighted by Crippen LogP contribution is 2.51. The molecule has 0 spiro atoms. The molecule has 27 heavy (non-hydrogen) atoms. The third kappa shape index (κ3) is 5.63. The lowest BCUT2D eigenvalue weighted by molar-refractivity contribution is 0.170. The van der Waals surface area contributed by atoms with Crippen LogP contribution in [-0.2, 0) is 26.8 Å². The summed E-state index contributed by atoms with van der Waals surface area (Å²) in [5, 5.41) is 0. The largest absolute Gasteiger partial charge is 0.439 e. The molecule has 3 rings (SSSR count). The van der Waals surface area contributed by atoms with Gasteiger partial charge >= 0.3 is 13.3 Å². The van der Waals surface area contributed by atoms with Gasteiger partial charge in [-0.15, -0.1) is 0 Å². The van der Waals surface area contributed by atoms with Gasteiger partial charge in [0.25, 0.3) is 0 Å². The fourth-order valence-corrected chi connectivity index (χ4v) is 3.40. The molecule has 5 nitrogen and oxygen atoms in total. The van der Waals surface area contributed by atoms with Crippen LogP contribution in [0.25, 0.3) is 0 Å². The van der Waals surface area contributed by atoms with Crippen LogP contribution in [0, 0.1) is 0 Å². The minimum Gasteiger partial charge on any atom is -0.417 e. The number of rotatable bonds is 8. The van der Waals surface area contributed by atoms with Gasteiger partial charge in [-0.05, 0) is 23.3 Å². The second-order valence-electron chi connectivity index (χ2n) is 5.70. The summed E-state index contributed by atoms with van der Waals surface area (Å²) in [4.78, 5) is 12.5. The van der Waals surface area contributed by atoms with Crippen molar-refractivity contribution in [1.29, 1.82) is 0 Å². The summed E-state index contributed by atoms with van der Waals surface area (Å²) in [6, 6.07) is 26.7. The Morgan fingerprint density at radius 3 is 1.52 bits per heavy atom. The first kappa shape index (κ1) is 19.1. The molecule has 0 bridgehead atoms. The van der Waals surface area contributed by atoms with E-state index in [1.807, 2.05) is 60.7 Å². The Bertz CT molecular complexity index is 850. The molecule has 0 saturated carbocycles. The van der Waals surface area contributed by atoms with E-state index in [0.717, 1.165) is 11.1 Å². The lowest BCUT2D eigenvalue weighted by Crippen LogP contribution is -2.12. The number of hydrogen-bond acceptors (Lipinski definition) is 5. The first-order valence-corrected chi connectivity index (χ1v) is 9.94. The highest BCUT2D eigenvalue weighted by atomic mass is 31.2. The Balaban J connectivity index is 1.74.